The van der Waals surface area contributed by atoms with Crippen molar-refractivity contribution < 1.29 is 18.6 Å². The number of nitrogens with one attached hydrogen (secondary N) is 2. The molecule has 0 radical (unpaired) electrons. The third kappa shape index (κ3) is 4.77. The molecule has 2 heterocycles. The van der Waals surface area contributed by atoms with Gasteiger partial charge in [-0.2, -0.15) is 0 Å². The van der Waals surface area contributed by atoms with Gasteiger partial charge >= 0.3 is 0 Å². The molecule has 0 unspecified atom stereocenters. The Morgan fingerprint density at radius 2 is 1.71 bits per heavy atom. The van der Waals surface area contributed by atoms with E-state index >= 15 is 0 Å². The number of fused-ring (bicyclic) bond motifs is 1. The number of carbonyl (C=O) groups excluding carboxylic acids is 1. The second-order valence-electron chi connectivity index (χ2n) is 7.45. The zero-order valence-corrected chi connectivity index (χ0v) is 18.7. The number of anilines is 1. The molecule has 0 saturated carbocycles. The zero-order chi connectivity index (χ0) is 24.4. The Balaban J connectivity index is 1.26. The molecule has 0 saturated heterocycles. The van der Waals surface area contributed by atoms with Crippen molar-refractivity contribution in [1.82, 2.24) is 10.3 Å². The van der Waals surface area contributed by atoms with E-state index in [-0.39, 0.29) is 16.6 Å². The number of rotatable bonds is 5. The van der Waals surface area contributed by atoms with Gasteiger partial charge in [-0.1, -0.05) is 30.3 Å². The van der Waals surface area contributed by atoms with Gasteiger partial charge in [0.05, 0.1) is 4.92 Å². The first kappa shape index (κ1) is 22.0. The first-order chi connectivity index (χ1) is 17.0. The number of benzene rings is 3. The summed E-state index contributed by atoms with van der Waals surface area (Å²) in [5.74, 6) is 0.239. The Morgan fingerprint density at radius 3 is 2.54 bits per heavy atom. The number of thiocarbonyl (C=S) groups is 1. The molecule has 5 aromatic rings. The standard InChI is InChI=1S/C25H16N4O5S/c30-23(22-12-11-20(33-22)15-5-4-8-18(14-15)29(31)32)28-25(35)26-17-7-3-6-16(13-17)24-27-19-9-1-2-10-21(19)34-24/h1-14H,(H2,26,28,30,35). The largest absolute Gasteiger partial charge is 0.451 e. The predicted molar refractivity (Wildman–Crippen MR) is 134 cm³/mol. The summed E-state index contributed by atoms with van der Waals surface area (Å²) in [6, 6.07) is 23.7. The van der Waals surface area contributed by atoms with Crippen LogP contribution < -0.4 is 10.6 Å². The first-order valence-electron chi connectivity index (χ1n) is 10.4. The monoisotopic (exact) mass is 484 g/mol. The van der Waals surface area contributed by atoms with Crippen LogP contribution in [0.3, 0.4) is 0 Å². The van der Waals surface area contributed by atoms with Crippen LogP contribution in [-0.4, -0.2) is 20.9 Å². The van der Waals surface area contributed by atoms with Crippen LogP contribution in [0.2, 0.25) is 0 Å². The highest BCUT2D eigenvalue weighted by molar-refractivity contribution is 7.80. The molecule has 0 aliphatic heterocycles. The van der Waals surface area contributed by atoms with Crippen LogP contribution in [0.5, 0.6) is 0 Å². The number of aromatic nitrogens is 1. The van der Waals surface area contributed by atoms with E-state index in [1.807, 2.05) is 36.4 Å². The van der Waals surface area contributed by atoms with E-state index in [0.29, 0.717) is 28.5 Å². The molecule has 172 valence electrons. The summed E-state index contributed by atoms with van der Waals surface area (Å²) in [7, 11) is 0. The average Bonchev–Trinajstić information content (AvgIpc) is 3.52. The van der Waals surface area contributed by atoms with Crippen LogP contribution in [0.15, 0.2) is 93.8 Å². The Bertz CT molecular complexity index is 1560. The maximum atomic E-state index is 12.6. The molecule has 2 aromatic heterocycles. The number of hydrogen-bond donors (Lipinski definition) is 2. The van der Waals surface area contributed by atoms with E-state index in [2.05, 4.69) is 15.6 Å². The second kappa shape index (κ2) is 9.20. The van der Waals surface area contributed by atoms with E-state index in [1.54, 1.807) is 30.3 Å². The Kier molecular flexibility index (Phi) is 5.78. The van der Waals surface area contributed by atoms with Crippen LogP contribution in [0.4, 0.5) is 11.4 Å². The van der Waals surface area contributed by atoms with Gasteiger partial charge in [0.2, 0.25) is 5.89 Å². The van der Waals surface area contributed by atoms with Crippen molar-refractivity contribution in [2.45, 2.75) is 0 Å². The van der Waals surface area contributed by atoms with Crippen molar-refractivity contribution in [2.75, 3.05) is 5.32 Å². The SMILES string of the molecule is O=C(NC(=S)Nc1cccc(-c2nc3ccccc3o2)c1)c1ccc(-c2cccc([N+](=O)[O-])c2)o1. The van der Waals surface area contributed by atoms with Gasteiger partial charge in [0, 0.05) is 28.9 Å². The van der Waals surface area contributed by atoms with Crippen molar-refractivity contribution in [3.8, 4) is 22.8 Å². The summed E-state index contributed by atoms with van der Waals surface area (Å²) >= 11 is 5.27. The Labute approximate surface area is 203 Å². The summed E-state index contributed by atoms with van der Waals surface area (Å²) in [4.78, 5) is 27.6. The van der Waals surface area contributed by atoms with Gasteiger partial charge in [-0.25, -0.2) is 4.98 Å². The number of oxazole rings is 1. The highest BCUT2D eigenvalue weighted by Crippen LogP contribution is 2.27. The van der Waals surface area contributed by atoms with E-state index in [4.69, 9.17) is 21.1 Å². The summed E-state index contributed by atoms with van der Waals surface area (Å²) in [6.45, 7) is 0. The number of nitro benzene ring substituents is 1. The summed E-state index contributed by atoms with van der Waals surface area (Å²) < 4.78 is 11.4. The van der Waals surface area contributed by atoms with Gasteiger partial charge in [0.1, 0.15) is 11.3 Å². The molecule has 2 N–H and O–H groups in total. The van der Waals surface area contributed by atoms with Gasteiger partial charge in [-0.15, -0.1) is 0 Å². The molecular weight excluding hydrogens is 468 g/mol. The normalized spacial score (nSPS) is 10.7. The fourth-order valence-electron chi connectivity index (χ4n) is 3.44. The van der Waals surface area contributed by atoms with Gasteiger partial charge in [0.15, 0.2) is 16.5 Å². The molecule has 0 spiro atoms. The number of hydrogen-bond acceptors (Lipinski definition) is 7. The highest BCUT2D eigenvalue weighted by Gasteiger charge is 2.16. The lowest BCUT2D eigenvalue weighted by Crippen LogP contribution is -2.33. The van der Waals surface area contributed by atoms with Crippen molar-refractivity contribution in [3.05, 3.63) is 101 Å². The molecule has 1 amide bonds. The maximum absolute atomic E-state index is 12.6. The summed E-state index contributed by atoms with van der Waals surface area (Å²) in [6.07, 6.45) is 0. The first-order valence-corrected chi connectivity index (χ1v) is 10.8. The molecule has 0 fully saturated rings. The molecule has 0 aliphatic carbocycles. The van der Waals surface area contributed by atoms with Crippen LogP contribution in [-0.2, 0) is 0 Å². The highest BCUT2D eigenvalue weighted by atomic mass is 32.1. The topological polar surface area (TPSA) is 123 Å². The molecular formula is C25H16N4O5S. The van der Waals surface area contributed by atoms with Crippen LogP contribution in [0.1, 0.15) is 10.6 Å². The fraction of sp³-hybridized carbons (Fsp3) is 0. The lowest BCUT2D eigenvalue weighted by atomic mass is 10.1. The van der Waals surface area contributed by atoms with E-state index in [0.717, 1.165) is 11.1 Å². The quantitative estimate of drug-likeness (QED) is 0.183. The van der Waals surface area contributed by atoms with Crippen LogP contribution in [0, 0.1) is 10.1 Å². The van der Waals surface area contributed by atoms with Crippen molar-refractivity contribution >= 4 is 45.7 Å². The minimum Gasteiger partial charge on any atom is -0.451 e. The number of carbonyl (C=O) groups is 1. The molecule has 35 heavy (non-hydrogen) atoms. The lowest BCUT2D eigenvalue weighted by molar-refractivity contribution is -0.384. The minimum atomic E-state index is -0.561. The maximum Gasteiger partial charge on any atom is 0.293 e. The Morgan fingerprint density at radius 1 is 0.914 bits per heavy atom. The van der Waals surface area contributed by atoms with E-state index < -0.39 is 10.8 Å². The van der Waals surface area contributed by atoms with E-state index in [9.17, 15) is 14.9 Å². The molecule has 0 bridgehead atoms. The fourth-order valence-corrected chi connectivity index (χ4v) is 3.65. The Hall–Kier alpha value is -4.83. The smallest absolute Gasteiger partial charge is 0.293 e. The molecule has 0 atom stereocenters. The summed E-state index contributed by atoms with van der Waals surface area (Å²) in [5.41, 5.74) is 3.23. The van der Waals surface area contributed by atoms with Crippen LogP contribution in [0.25, 0.3) is 33.9 Å². The predicted octanol–water partition coefficient (Wildman–Crippen LogP) is 5.79. The lowest BCUT2D eigenvalue weighted by Gasteiger charge is -2.09. The third-order valence-corrected chi connectivity index (χ3v) is 5.26. The molecule has 0 aliphatic rings. The number of amides is 1. The second-order valence-corrected chi connectivity index (χ2v) is 7.86. The van der Waals surface area contributed by atoms with Gasteiger partial charge in [-0.3, -0.25) is 20.2 Å². The molecule has 5 rings (SSSR count). The average molecular weight is 484 g/mol. The van der Waals surface area contributed by atoms with Gasteiger partial charge in [0.25, 0.3) is 11.6 Å². The van der Waals surface area contributed by atoms with Crippen molar-refractivity contribution in [1.29, 1.82) is 0 Å². The molecule has 3 aromatic carbocycles. The number of nitro groups is 1. The zero-order valence-electron chi connectivity index (χ0n) is 17.9. The van der Waals surface area contributed by atoms with Crippen molar-refractivity contribution in [3.63, 3.8) is 0 Å². The van der Waals surface area contributed by atoms with E-state index in [1.165, 1.54) is 18.2 Å². The van der Waals surface area contributed by atoms with Gasteiger partial charge in [-0.05, 0) is 54.7 Å². The number of para-hydroxylation sites is 2. The van der Waals surface area contributed by atoms with Crippen molar-refractivity contribution in [2.24, 2.45) is 0 Å². The molecule has 9 nitrogen and oxygen atoms in total. The minimum absolute atomic E-state index is 0.0101. The third-order valence-electron chi connectivity index (χ3n) is 5.06. The van der Waals surface area contributed by atoms with Crippen LogP contribution >= 0.6 is 12.2 Å². The number of non-ortho nitro benzene ring substituents is 1. The number of furan rings is 1. The number of nitrogens with zero attached hydrogens (tertiary/aromatic N) is 2. The summed E-state index contributed by atoms with van der Waals surface area (Å²) in [5, 5.41) is 16.6. The molecule has 10 heteroatoms. The van der Waals surface area contributed by atoms with Gasteiger partial charge < -0.3 is 14.2 Å².